The number of nitrogens with zero attached hydrogens (tertiary/aromatic N) is 3. The predicted octanol–water partition coefficient (Wildman–Crippen LogP) is 2.77. The van der Waals surface area contributed by atoms with E-state index in [2.05, 4.69) is 10.3 Å². The molecule has 1 aromatic heterocycles. The van der Waals surface area contributed by atoms with Gasteiger partial charge in [0.05, 0.1) is 11.3 Å². The van der Waals surface area contributed by atoms with Crippen LogP contribution in [0.4, 0.5) is 5.69 Å². The molecule has 0 aliphatic heterocycles. The molecule has 1 heterocycles. The first-order valence-corrected chi connectivity index (χ1v) is 7.68. The van der Waals surface area contributed by atoms with Crippen LogP contribution >= 0.6 is 0 Å². The number of nitrogens with one attached hydrogen (secondary N) is 1. The zero-order valence-electron chi connectivity index (χ0n) is 13.3. The van der Waals surface area contributed by atoms with Crippen molar-refractivity contribution in [3.05, 3.63) is 94.1 Å². The molecule has 0 atom stereocenters. The number of nitro benzene ring substituents is 1. The molecule has 0 bridgehead atoms. The molecule has 0 aliphatic rings. The van der Waals surface area contributed by atoms with Crippen molar-refractivity contribution in [2.24, 2.45) is 0 Å². The zero-order valence-corrected chi connectivity index (χ0v) is 13.3. The molecular weight excluding hydrogens is 320 g/mol. The molecule has 0 fully saturated rings. The minimum absolute atomic E-state index is 0.0575. The van der Waals surface area contributed by atoms with Crippen molar-refractivity contribution < 1.29 is 9.72 Å². The fraction of sp³-hybridized carbons (Fsp3) is 0.111. The van der Waals surface area contributed by atoms with Crippen LogP contribution in [0.25, 0.3) is 0 Å². The third-order valence-corrected chi connectivity index (χ3v) is 3.71. The van der Waals surface area contributed by atoms with E-state index in [0.717, 1.165) is 11.1 Å². The van der Waals surface area contributed by atoms with Gasteiger partial charge in [-0.05, 0) is 17.2 Å². The molecule has 2 aromatic carbocycles. The highest BCUT2D eigenvalue weighted by Crippen LogP contribution is 2.17. The monoisotopic (exact) mass is 336 g/mol. The molecule has 25 heavy (non-hydrogen) atoms. The number of aromatic nitrogens is 2. The quantitative estimate of drug-likeness (QED) is 0.553. The van der Waals surface area contributed by atoms with Gasteiger partial charge in [-0.15, -0.1) is 0 Å². The Morgan fingerprint density at radius 1 is 1.16 bits per heavy atom. The Labute approximate surface area is 144 Å². The third-order valence-electron chi connectivity index (χ3n) is 3.71. The Bertz CT molecular complexity index is 891. The number of imidazole rings is 1. The average Bonchev–Trinajstić information content (AvgIpc) is 3.13. The van der Waals surface area contributed by atoms with Crippen LogP contribution < -0.4 is 5.32 Å². The first-order valence-electron chi connectivity index (χ1n) is 7.68. The van der Waals surface area contributed by atoms with Gasteiger partial charge in [-0.1, -0.05) is 36.4 Å². The van der Waals surface area contributed by atoms with Gasteiger partial charge in [-0.25, -0.2) is 4.98 Å². The highest BCUT2D eigenvalue weighted by molar-refractivity contribution is 5.98. The number of amides is 1. The van der Waals surface area contributed by atoms with Gasteiger partial charge in [0.2, 0.25) is 0 Å². The van der Waals surface area contributed by atoms with Gasteiger partial charge in [-0.2, -0.15) is 0 Å². The lowest BCUT2D eigenvalue weighted by atomic mass is 10.1. The van der Waals surface area contributed by atoms with Crippen LogP contribution in [-0.2, 0) is 13.1 Å². The van der Waals surface area contributed by atoms with E-state index >= 15 is 0 Å². The Morgan fingerprint density at radius 2 is 1.96 bits per heavy atom. The van der Waals surface area contributed by atoms with Crippen molar-refractivity contribution in [1.29, 1.82) is 0 Å². The van der Waals surface area contributed by atoms with Gasteiger partial charge in [-0.3, -0.25) is 14.9 Å². The van der Waals surface area contributed by atoms with Crippen molar-refractivity contribution in [3.8, 4) is 0 Å². The molecular formula is C18H16N4O3. The van der Waals surface area contributed by atoms with E-state index in [1.807, 2.05) is 35.0 Å². The number of hydrogen-bond donors (Lipinski definition) is 1. The molecule has 7 nitrogen and oxygen atoms in total. The molecule has 0 radical (unpaired) electrons. The number of para-hydroxylation sites is 1. The normalized spacial score (nSPS) is 10.4. The van der Waals surface area contributed by atoms with Crippen molar-refractivity contribution in [2.45, 2.75) is 13.1 Å². The maximum absolute atomic E-state index is 12.3. The highest BCUT2D eigenvalue weighted by atomic mass is 16.6. The van der Waals surface area contributed by atoms with Crippen LogP contribution in [0.5, 0.6) is 0 Å². The van der Waals surface area contributed by atoms with E-state index in [4.69, 9.17) is 0 Å². The minimum Gasteiger partial charge on any atom is -0.348 e. The van der Waals surface area contributed by atoms with Crippen LogP contribution in [0.1, 0.15) is 21.5 Å². The molecule has 0 saturated carbocycles. The first kappa shape index (κ1) is 16.4. The van der Waals surface area contributed by atoms with Crippen LogP contribution in [0, 0.1) is 10.1 Å². The SMILES string of the molecule is O=C(NCc1cccc(Cn2ccnc2)c1)c1ccccc1[N+](=O)[O-]. The number of rotatable bonds is 6. The van der Waals surface area contributed by atoms with Crippen LogP contribution in [-0.4, -0.2) is 20.4 Å². The Hall–Kier alpha value is -3.48. The van der Waals surface area contributed by atoms with E-state index in [9.17, 15) is 14.9 Å². The molecule has 7 heteroatoms. The third kappa shape index (κ3) is 4.08. The fourth-order valence-corrected chi connectivity index (χ4v) is 2.53. The van der Waals surface area contributed by atoms with E-state index in [1.165, 1.54) is 18.2 Å². The second-order valence-corrected chi connectivity index (χ2v) is 5.51. The van der Waals surface area contributed by atoms with Gasteiger partial charge in [0, 0.05) is 31.5 Å². The van der Waals surface area contributed by atoms with Crippen molar-refractivity contribution >= 4 is 11.6 Å². The second kappa shape index (κ2) is 7.39. The summed E-state index contributed by atoms with van der Waals surface area (Å²) in [6, 6.07) is 13.7. The molecule has 0 saturated heterocycles. The average molecular weight is 336 g/mol. The molecule has 3 rings (SSSR count). The summed E-state index contributed by atoms with van der Waals surface area (Å²) in [7, 11) is 0. The summed E-state index contributed by atoms with van der Waals surface area (Å²) in [5.74, 6) is -0.465. The van der Waals surface area contributed by atoms with Crippen LogP contribution in [0.3, 0.4) is 0 Å². The predicted molar refractivity (Wildman–Crippen MR) is 92.0 cm³/mol. The smallest absolute Gasteiger partial charge is 0.282 e. The Balaban J connectivity index is 1.67. The summed E-state index contributed by atoms with van der Waals surface area (Å²) in [6.07, 6.45) is 5.34. The first-order chi connectivity index (χ1) is 12.1. The summed E-state index contributed by atoms with van der Waals surface area (Å²) in [6.45, 7) is 0.981. The topological polar surface area (TPSA) is 90.1 Å². The number of carbonyl (C=O) groups is 1. The van der Waals surface area contributed by atoms with Crippen molar-refractivity contribution in [3.63, 3.8) is 0 Å². The summed E-state index contributed by atoms with van der Waals surface area (Å²) in [5, 5.41) is 13.7. The number of benzene rings is 2. The molecule has 126 valence electrons. The summed E-state index contributed by atoms with van der Waals surface area (Å²) < 4.78 is 1.95. The Kier molecular flexibility index (Phi) is 4.84. The Morgan fingerprint density at radius 3 is 2.72 bits per heavy atom. The lowest BCUT2D eigenvalue weighted by molar-refractivity contribution is -0.385. The van der Waals surface area contributed by atoms with Crippen molar-refractivity contribution in [2.75, 3.05) is 0 Å². The maximum atomic E-state index is 12.3. The molecule has 1 N–H and O–H groups in total. The standard InChI is InChI=1S/C18H16N4O3/c23-18(16-6-1-2-7-17(16)22(24)25)20-11-14-4-3-5-15(10-14)12-21-9-8-19-13-21/h1-10,13H,11-12H2,(H,20,23). The van der Waals surface area contributed by atoms with Crippen molar-refractivity contribution in [1.82, 2.24) is 14.9 Å². The van der Waals surface area contributed by atoms with E-state index in [-0.39, 0.29) is 11.3 Å². The lowest BCUT2D eigenvalue weighted by Gasteiger charge is -2.08. The minimum atomic E-state index is -0.555. The van der Waals surface area contributed by atoms with Gasteiger partial charge in [0.15, 0.2) is 0 Å². The van der Waals surface area contributed by atoms with Gasteiger partial charge < -0.3 is 9.88 Å². The van der Waals surface area contributed by atoms with Crippen LogP contribution in [0.2, 0.25) is 0 Å². The molecule has 0 aliphatic carbocycles. The lowest BCUT2D eigenvalue weighted by Crippen LogP contribution is -2.23. The van der Waals surface area contributed by atoms with Gasteiger partial charge >= 0.3 is 0 Å². The second-order valence-electron chi connectivity index (χ2n) is 5.51. The van der Waals surface area contributed by atoms with Gasteiger partial charge in [0.1, 0.15) is 5.56 Å². The zero-order chi connectivity index (χ0) is 17.6. The molecule has 0 unspecified atom stereocenters. The molecule has 0 spiro atoms. The fourth-order valence-electron chi connectivity index (χ4n) is 2.53. The molecule has 3 aromatic rings. The number of hydrogen-bond acceptors (Lipinski definition) is 4. The summed E-state index contributed by atoms with van der Waals surface area (Å²) in [5.41, 5.74) is 1.86. The van der Waals surface area contributed by atoms with E-state index in [1.54, 1.807) is 18.6 Å². The highest BCUT2D eigenvalue weighted by Gasteiger charge is 2.18. The van der Waals surface area contributed by atoms with E-state index < -0.39 is 10.8 Å². The summed E-state index contributed by atoms with van der Waals surface area (Å²) in [4.78, 5) is 26.7. The molecule has 1 amide bonds. The van der Waals surface area contributed by atoms with Gasteiger partial charge in [0.25, 0.3) is 11.6 Å². The van der Waals surface area contributed by atoms with Crippen LogP contribution in [0.15, 0.2) is 67.3 Å². The number of carbonyl (C=O) groups excluding carboxylic acids is 1. The summed E-state index contributed by atoms with van der Waals surface area (Å²) >= 11 is 0. The largest absolute Gasteiger partial charge is 0.348 e. The number of nitro groups is 1. The maximum Gasteiger partial charge on any atom is 0.282 e. The van der Waals surface area contributed by atoms with E-state index in [0.29, 0.717) is 13.1 Å².